The molecule has 4 nitrogen and oxygen atoms in total. The van der Waals surface area contributed by atoms with E-state index >= 15 is 0 Å². The molecule has 1 heterocycles. The fourth-order valence-corrected chi connectivity index (χ4v) is 4.01. The van der Waals surface area contributed by atoms with Gasteiger partial charge in [-0.2, -0.15) is 0 Å². The number of methoxy groups -OCH3 is 1. The fourth-order valence-electron chi connectivity index (χ4n) is 2.51. The Morgan fingerprint density at radius 1 is 1.43 bits per heavy atom. The molecule has 0 amide bonds. The summed E-state index contributed by atoms with van der Waals surface area (Å²) in [6.07, 6.45) is 0.867. The Labute approximate surface area is 130 Å². The maximum absolute atomic E-state index is 12.0. The van der Waals surface area contributed by atoms with Crippen LogP contribution in [0.2, 0.25) is 0 Å². The summed E-state index contributed by atoms with van der Waals surface area (Å²) in [5.41, 5.74) is 2.35. The van der Waals surface area contributed by atoms with E-state index in [1.807, 2.05) is 6.07 Å². The van der Waals surface area contributed by atoms with E-state index < -0.39 is 11.2 Å². The Hall–Kier alpha value is -0.750. The van der Waals surface area contributed by atoms with Crippen molar-refractivity contribution in [3.8, 4) is 5.75 Å². The van der Waals surface area contributed by atoms with Crippen molar-refractivity contribution in [1.82, 2.24) is 5.32 Å². The molecule has 3 unspecified atom stereocenters. The summed E-state index contributed by atoms with van der Waals surface area (Å²) < 4.78 is 17.3. The number of hydrogen-bond acceptors (Lipinski definition) is 4. The second-order valence-corrected chi connectivity index (χ2v) is 7.64. The molecular weight excluding hydrogens is 286 g/mol. The van der Waals surface area contributed by atoms with Crippen LogP contribution in [0.5, 0.6) is 5.75 Å². The van der Waals surface area contributed by atoms with Gasteiger partial charge in [-0.05, 0) is 40.4 Å². The van der Waals surface area contributed by atoms with Crippen molar-refractivity contribution in [3.05, 3.63) is 29.3 Å². The lowest BCUT2D eigenvalue weighted by Gasteiger charge is -2.29. The molecule has 1 fully saturated rings. The zero-order valence-electron chi connectivity index (χ0n) is 13.0. The van der Waals surface area contributed by atoms with Gasteiger partial charge in [0.05, 0.1) is 13.2 Å². The lowest BCUT2D eigenvalue weighted by Crippen LogP contribution is -2.44. The second kappa shape index (κ2) is 7.49. The van der Waals surface area contributed by atoms with Crippen molar-refractivity contribution in [2.24, 2.45) is 0 Å². The molecule has 0 radical (unpaired) electrons. The number of hydrogen-bond donors (Lipinski definition) is 2. The van der Waals surface area contributed by atoms with Gasteiger partial charge in [0.1, 0.15) is 11.5 Å². The highest BCUT2D eigenvalue weighted by Crippen LogP contribution is 2.24. The zero-order chi connectivity index (χ0) is 15.4. The van der Waals surface area contributed by atoms with E-state index in [0.717, 1.165) is 11.3 Å². The standard InChI is InChI=1S/C16H25NO3S/c1-11(2)13-6-12(7-15(8-13)20-3)10-17-16-9-14(18)4-5-21(16)19/h6-8,11,14,16-18H,4-5,9-10H2,1-3H3. The molecule has 0 bridgehead atoms. The average molecular weight is 311 g/mol. The minimum absolute atomic E-state index is 0.123. The highest BCUT2D eigenvalue weighted by molar-refractivity contribution is 7.92. The third-order valence-electron chi connectivity index (χ3n) is 3.88. The van der Waals surface area contributed by atoms with Crippen LogP contribution in [0.3, 0.4) is 0 Å². The fraction of sp³-hybridized carbons (Fsp3) is 0.625. The molecule has 2 N–H and O–H groups in total. The number of ether oxygens (including phenoxy) is 1. The Morgan fingerprint density at radius 2 is 2.19 bits per heavy atom. The third kappa shape index (κ3) is 4.61. The van der Waals surface area contributed by atoms with Gasteiger partial charge < -0.3 is 14.4 Å². The second-order valence-electron chi connectivity index (χ2n) is 5.90. The van der Waals surface area contributed by atoms with Crippen molar-refractivity contribution in [2.75, 3.05) is 12.9 Å². The van der Waals surface area contributed by atoms with Gasteiger partial charge in [0.2, 0.25) is 0 Å². The normalized spacial score (nSPS) is 26.1. The van der Waals surface area contributed by atoms with E-state index in [4.69, 9.17) is 4.74 Å². The minimum atomic E-state index is -0.896. The van der Waals surface area contributed by atoms with Crippen molar-refractivity contribution < 1.29 is 14.4 Å². The third-order valence-corrected chi connectivity index (χ3v) is 5.51. The number of aliphatic hydroxyl groups excluding tert-OH is 1. The number of rotatable bonds is 5. The van der Waals surface area contributed by atoms with Crippen LogP contribution in [-0.4, -0.2) is 34.0 Å². The summed E-state index contributed by atoms with van der Waals surface area (Å²) in [5, 5.41) is 12.9. The summed E-state index contributed by atoms with van der Waals surface area (Å²) >= 11 is -0.896. The first-order valence-electron chi connectivity index (χ1n) is 7.46. The van der Waals surface area contributed by atoms with E-state index in [-0.39, 0.29) is 11.5 Å². The van der Waals surface area contributed by atoms with Crippen LogP contribution < -0.4 is 10.1 Å². The monoisotopic (exact) mass is 311 g/mol. The van der Waals surface area contributed by atoms with E-state index in [1.165, 1.54) is 5.56 Å². The van der Waals surface area contributed by atoms with Crippen molar-refractivity contribution >= 4 is 11.2 Å². The highest BCUT2D eigenvalue weighted by atomic mass is 32.2. The molecular formula is C16H25NO3S. The lowest BCUT2D eigenvalue weighted by molar-refractivity contribution is 0.149. The van der Waals surface area contributed by atoms with Gasteiger partial charge in [0, 0.05) is 19.4 Å². The Bertz CT molecular complexity index is 467. The zero-order valence-corrected chi connectivity index (χ0v) is 13.8. The predicted octanol–water partition coefficient (Wildman–Crippen LogP) is 2.14. The summed E-state index contributed by atoms with van der Waals surface area (Å²) in [4.78, 5) is 0. The molecule has 21 heavy (non-hydrogen) atoms. The molecule has 0 spiro atoms. The molecule has 0 saturated carbocycles. The Morgan fingerprint density at radius 3 is 2.86 bits per heavy atom. The summed E-state index contributed by atoms with van der Waals surface area (Å²) in [6.45, 7) is 4.94. The van der Waals surface area contributed by atoms with Crippen LogP contribution in [0.15, 0.2) is 18.2 Å². The van der Waals surface area contributed by atoms with Gasteiger partial charge in [-0.3, -0.25) is 5.32 Å². The van der Waals surface area contributed by atoms with E-state index in [0.29, 0.717) is 31.1 Å². The summed E-state index contributed by atoms with van der Waals surface area (Å²) in [6, 6.07) is 6.21. The van der Waals surface area contributed by atoms with Crippen LogP contribution in [0.25, 0.3) is 0 Å². The molecule has 1 aromatic carbocycles. The molecule has 2 rings (SSSR count). The molecule has 0 aliphatic carbocycles. The minimum Gasteiger partial charge on any atom is -0.615 e. The lowest BCUT2D eigenvalue weighted by atomic mass is 10.0. The maximum Gasteiger partial charge on any atom is 0.169 e. The molecule has 5 heteroatoms. The van der Waals surface area contributed by atoms with Crippen molar-refractivity contribution in [1.29, 1.82) is 0 Å². The van der Waals surface area contributed by atoms with Crippen LogP contribution in [-0.2, 0) is 17.7 Å². The first-order chi connectivity index (χ1) is 9.99. The van der Waals surface area contributed by atoms with E-state index in [1.54, 1.807) is 7.11 Å². The Balaban J connectivity index is 2.03. The molecule has 1 saturated heterocycles. The molecule has 118 valence electrons. The van der Waals surface area contributed by atoms with Gasteiger partial charge in [-0.15, -0.1) is 0 Å². The Kier molecular flexibility index (Phi) is 5.93. The molecule has 0 aromatic heterocycles. The molecule has 1 aliphatic rings. The molecule has 3 atom stereocenters. The van der Waals surface area contributed by atoms with Crippen LogP contribution >= 0.6 is 0 Å². The SMILES string of the molecule is COc1cc(CNC2CC(O)CC[S+]2[O-])cc(C(C)C)c1. The first kappa shape index (κ1) is 16.6. The summed E-state index contributed by atoms with van der Waals surface area (Å²) in [7, 11) is 1.67. The number of nitrogens with one attached hydrogen (secondary N) is 1. The van der Waals surface area contributed by atoms with Crippen LogP contribution in [0.4, 0.5) is 0 Å². The first-order valence-corrected chi connectivity index (χ1v) is 8.84. The predicted molar refractivity (Wildman–Crippen MR) is 86.0 cm³/mol. The molecule has 1 aromatic rings. The quantitative estimate of drug-likeness (QED) is 0.818. The van der Waals surface area contributed by atoms with Crippen molar-refractivity contribution in [2.45, 2.75) is 50.6 Å². The van der Waals surface area contributed by atoms with Crippen LogP contribution in [0, 0.1) is 0 Å². The average Bonchev–Trinajstić information content (AvgIpc) is 2.47. The van der Waals surface area contributed by atoms with Gasteiger partial charge in [-0.1, -0.05) is 19.9 Å². The number of benzene rings is 1. The molecule has 1 aliphatic heterocycles. The number of aliphatic hydroxyl groups is 1. The van der Waals surface area contributed by atoms with Crippen LogP contribution in [0.1, 0.15) is 43.7 Å². The topological polar surface area (TPSA) is 64.5 Å². The van der Waals surface area contributed by atoms with E-state index in [9.17, 15) is 9.66 Å². The van der Waals surface area contributed by atoms with Crippen molar-refractivity contribution in [3.63, 3.8) is 0 Å². The van der Waals surface area contributed by atoms with Gasteiger partial charge >= 0.3 is 0 Å². The van der Waals surface area contributed by atoms with Gasteiger partial charge in [0.15, 0.2) is 5.37 Å². The summed E-state index contributed by atoms with van der Waals surface area (Å²) in [5.74, 6) is 1.86. The van der Waals surface area contributed by atoms with Gasteiger partial charge in [-0.25, -0.2) is 0 Å². The largest absolute Gasteiger partial charge is 0.615 e. The smallest absolute Gasteiger partial charge is 0.169 e. The highest BCUT2D eigenvalue weighted by Gasteiger charge is 2.30. The maximum atomic E-state index is 12.0. The van der Waals surface area contributed by atoms with Gasteiger partial charge in [0.25, 0.3) is 0 Å². The van der Waals surface area contributed by atoms with E-state index in [2.05, 4.69) is 31.3 Å².